The molecule has 2 aromatic carbocycles. The standard InChI is InChI=1S/C33H31FN8O3S/c1-46(44,45)31(35)20-12-19(13-22(34)14-20)24-8-5-9-26-28(24)40-32(39-26)30-29-27(41-42-30)11-10-25(38-29)21-15-23(17-36-16-21)37-33(43)18-6-3-2-4-7-18/h5,8-18,31H,2-4,6-7,35H2,1H3,(H,37,43)(H,39,40)(H,41,42). The lowest BCUT2D eigenvalue weighted by molar-refractivity contribution is -0.120. The maximum absolute atomic E-state index is 14.7. The van der Waals surface area contributed by atoms with Gasteiger partial charge in [0.05, 0.1) is 34.1 Å². The average Bonchev–Trinajstić information content (AvgIpc) is 3.68. The van der Waals surface area contributed by atoms with Crippen LogP contribution in [-0.2, 0) is 14.6 Å². The van der Waals surface area contributed by atoms with Crippen LogP contribution in [0.2, 0.25) is 0 Å². The Labute approximate surface area is 263 Å². The molecule has 1 aliphatic carbocycles. The number of sulfone groups is 1. The van der Waals surface area contributed by atoms with Crippen LogP contribution >= 0.6 is 0 Å². The number of amides is 1. The van der Waals surface area contributed by atoms with Gasteiger partial charge in [0.1, 0.15) is 16.7 Å². The van der Waals surface area contributed by atoms with E-state index in [9.17, 15) is 17.6 Å². The van der Waals surface area contributed by atoms with Crippen LogP contribution in [0.4, 0.5) is 10.1 Å². The molecular formula is C33H31FN8O3S. The average molecular weight is 639 g/mol. The van der Waals surface area contributed by atoms with Gasteiger partial charge < -0.3 is 16.0 Å². The molecule has 0 bridgehead atoms. The Morgan fingerprint density at radius 2 is 1.80 bits per heavy atom. The second kappa shape index (κ2) is 11.7. The SMILES string of the molecule is CS(=O)(=O)C(N)c1cc(F)cc(-c2cccc3[nH]c(-c4n[nH]c5ccc(-c6cncc(NC(=O)C7CCCCC7)c6)nc45)nc23)c1. The molecule has 46 heavy (non-hydrogen) atoms. The summed E-state index contributed by atoms with van der Waals surface area (Å²) >= 11 is 0. The lowest BCUT2D eigenvalue weighted by Gasteiger charge is -2.20. The Morgan fingerprint density at radius 1 is 0.978 bits per heavy atom. The number of carbonyl (C=O) groups excluding carboxylic acids is 1. The molecule has 4 aromatic heterocycles. The third-order valence-corrected chi connectivity index (χ3v) is 9.64. The predicted molar refractivity (Wildman–Crippen MR) is 175 cm³/mol. The lowest BCUT2D eigenvalue weighted by atomic mass is 9.88. The van der Waals surface area contributed by atoms with E-state index in [0.717, 1.165) is 43.6 Å². The number of benzene rings is 2. The van der Waals surface area contributed by atoms with E-state index in [1.54, 1.807) is 30.6 Å². The normalized spacial score (nSPS) is 14.9. The molecule has 6 aromatic rings. The highest BCUT2D eigenvalue weighted by Crippen LogP contribution is 2.34. The highest BCUT2D eigenvalue weighted by Gasteiger charge is 2.23. The summed E-state index contributed by atoms with van der Waals surface area (Å²) in [7, 11) is -3.65. The number of para-hydroxylation sites is 1. The Balaban J connectivity index is 1.23. The van der Waals surface area contributed by atoms with Crippen molar-refractivity contribution in [2.45, 2.75) is 37.5 Å². The summed E-state index contributed by atoms with van der Waals surface area (Å²) in [5.74, 6) is -0.121. The van der Waals surface area contributed by atoms with Gasteiger partial charge in [-0.05, 0) is 66.4 Å². The summed E-state index contributed by atoms with van der Waals surface area (Å²) < 4.78 is 38.8. The van der Waals surface area contributed by atoms with E-state index in [0.29, 0.717) is 56.1 Å². The van der Waals surface area contributed by atoms with Gasteiger partial charge in [-0.2, -0.15) is 5.10 Å². The number of aromatic amines is 2. The number of imidazole rings is 1. The summed E-state index contributed by atoms with van der Waals surface area (Å²) in [6, 6.07) is 15.0. The fourth-order valence-electron chi connectivity index (χ4n) is 6.04. The fraction of sp³-hybridized carbons (Fsp3) is 0.242. The van der Waals surface area contributed by atoms with Gasteiger partial charge in [-0.25, -0.2) is 22.8 Å². The van der Waals surface area contributed by atoms with Gasteiger partial charge in [0.2, 0.25) is 5.91 Å². The second-order valence-corrected chi connectivity index (χ2v) is 13.9. The summed E-state index contributed by atoms with van der Waals surface area (Å²) in [5.41, 5.74) is 12.0. The molecule has 13 heteroatoms. The first-order chi connectivity index (χ1) is 22.1. The molecule has 1 atom stereocenters. The van der Waals surface area contributed by atoms with Gasteiger partial charge in [-0.3, -0.25) is 14.9 Å². The number of halogens is 1. The van der Waals surface area contributed by atoms with Crippen LogP contribution in [0.25, 0.3) is 56.0 Å². The smallest absolute Gasteiger partial charge is 0.227 e. The van der Waals surface area contributed by atoms with Gasteiger partial charge in [-0.1, -0.05) is 31.4 Å². The molecule has 1 saturated carbocycles. The number of carbonyl (C=O) groups is 1. The summed E-state index contributed by atoms with van der Waals surface area (Å²) in [4.78, 5) is 30.2. The minimum absolute atomic E-state index is 0.0242. The number of aromatic nitrogens is 6. The van der Waals surface area contributed by atoms with Crippen LogP contribution in [0.15, 0.2) is 67.0 Å². The minimum atomic E-state index is -3.65. The van der Waals surface area contributed by atoms with E-state index in [1.165, 1.54) is 12.5 Å². The number of hydrogen-bond donors (Lipinski definition) is 4. The topological polar surface area (TPSA) is 172 Å². The summed E-state index contributed by atoms with van der Waals surface area (Å²) in [6.45, 7) is 0. The van der Waals surface area contributed by atoms with Gasteiger partial charge in [0.15, 0.2) is 21.4 Å². The van der Waals surface area contributed by atoms with Gasteiger partial charge in [0.25, 0.3) is 0 Å². The third-order valence-electron chi connectivity index (χ3n) is 8.44. The molecule has 0 saturated heterocycles. The number of rotatable bonds is 7. The van der Waals surface area contributed by atoms with Crippen molar-refractivity contribution in [3.63, 3.8) is 0 Å². The van der Waals surface area contributed by atoms with Crippen molar-refractivity contribution < 1.29 is 17.6 Å². The first-order valence-electron chi connectivity index (χ1n) is 15.0. The zero-order valence-electron chi connectivity index (χ0n) is 24.9. The lowest BCUT2D eigenvalue weighted by Crippen LogP contribution is -2.24. The van der Waals surface area contributed by atoms with Crippen molar-refractivity contribution in [1.29, 1.82) is 0 Å². The highest BCUT2D eigenvalue weighted by molar-refractivity contribution is 7.90. The monoisotopic (exact) mass is 638 g/mol. The van der Waals surface area contributed by atoms with Crippen LogP contribution in [0, 0.1) is 11.7 Å². The van der Waals surface area contributed by atoms with Crippen LogP contribution in [-0.4, -0.2) is 50.7 Å². The molecule has 1 unspecified atom stereocenters. The first-order valence-corrected chi connectivity index (χ1v) is 17.0. The number of fused-ring (bicyclic) bond motifs is 2. The van der Waals surface area contributed by atoms with Crippen LogP contribution in [0.5, 0.6) is 0 Å². The van der Waals surface area contributed by atoms with E-state index in [4.69, 9.17) is 15.7 Å². The Kier molecular flexibility index (Phi) is 7.57. The minimum Gasteiger partial charge on any atom is -0.336 e. The fourth-order valence-corrected chi connectivity index (χ4v) is 6.67. The van der Waals surface area contributed by atoms with Crippen molar-refractivity contribution >= 4 is 43.5 Å². The van der Waals surface area contributed by atoms with Crippen molar-refractivity contribution in [3.8, 4) is 33.9 Å². The molecule has 0 radical (unpaired) electrons. The Hall–Kier alpha value is -5.01. The number of nitrogens with one attached hydrogen (secondary N) is 3. The highest BCUT2D eigenvalue weighted by atomic mass is 32.2. The summed E-state index contributed by atoms with van der Waals surface area (Å²) in [5, 5.41) is 9.15. The molecule has 0 spiro atoms. The van der Waals surface area contributed by atoms with E-state index >= 15 is 0 Å². The largest absolute Gasteiger partial charge is 0.336 e. The third kappa shape index (κ3) is 5.74. The molecular weight excluding hydrogens is 607 g/mol. The van der Waals surface area contributed by atoms with Gasteiger partial charge in [0, 0.05) is 29.5 Å². The van der Waals surface area contributed by atoms with E-state index in [1.807, 2.05) is 24.3 Å². The maximum Gasteiger partial charge on any atom is 0.227 e. The van der Waals surface area contributed by atoms with Crippen LogP contribution in [0.1, 0.15) is 43.0 Å². The number of hydrogen-bond acceptors (Lipinski definition) is 8. The number of nitrogens with two attached hydrogens (primary N) is 1. The zero-order valence-corrected chi connectivity index (χ0v) is 25.7. The summed E-state index contributed by atoms with van der Waals surface area (Å²) in [6.07, 6.45) is 9.48. The number of pyridine rings is 2. The molecule has 0 aliphatic heterocycles. The number of nitrogens with zero attached hydrogens (tertiary/aromatic N) is 4. The molecule has 11 nitrogen and oxygen atoms in total. The first kappa shape index (κ1) is 29.7. The maximum atomic E-state index is 14.7. The van der Waals surface area contributed by atoms with Gasteiger partial charge in [-0.15, -0.1) is 0 Å². The quantitative estimate of drug-likeness (QED) is 0.168. The Bertz CT molecular complexity index is 2220. The van der Waals surface area contributed by atoms with Crippen LogP contribution in [0.3, 0.4) is 0 Å². The van der Waals surface area contributed by atoms with Crippen molar-refractivity contribution in [3.05, 3.63) is 78.4 Å². The zero-order chi connectivity index (χ0) is 32.0. The molecule has 1 amide bonds. The van der Waals surface area contributed by atoms with Crippen molar-refractivity contribution in [2.24, 2.45) is 11.7 Å². The second-order valence-electron chi connectivity index (χ2n) is 11.8. The van der Waals surface area contributed by atoms with E-state index < -0.39 is 21.0 Å². The van der Waals surface area contributed by atoms with E-state index in [2.05, 4.69) is 25.5 Å². The number of H-pyrrole nitrogens is 2. The molecule has 4 heterocycles. The van der Waals surface area contributed by atoms with Crippen LogP contribution < -0.4 is 11.1 Å². The van der Waals surface area contributed by atoms with E-state index in [-0.39, 0.29) is 17.4 Å². The Morgan fingerprint density at radius 3 is 2.61 bits per heavy atom. The van der Waals surface area contributed by atoms with Crippen molar-refractivity contribution in [2.75, 3.05) is 11.6 Å². The molecule has 5 N–H and O–H groups in total. The van der Waals surface area contributed by atoms with Gasteiger partial charge >= 0.3 is 0 Å². The van der Waals surface area contributed by atoms with Crippen molar-refractivity contribution in [1.82, 2.24) is 30.1 Å². The predicted octanol–water partition coefficient (Wildman–Crippen LogP) is 5.89. The molecule has 1 fully saturated rings. The molecule has 7 rings (SSSR count). The molecule has 234 valence electrons. The number of anilines is 1. The molecule has 1 aliphatic rings.